The molecule has 3 aromatic heterocycles. The molecular weight excluding hydrogens is 476 g/mol. The van der Waals surface area contributed by atoms with E-state index in [1.165, 1.54) is 31.2 Å². The molecule has 3 heterocycles. The van der Waals surface area contributed by atoms with Crippen LogP contribution in [-0.2, 0) is 12.4 Å². The number of rotatable bonds is 3. The van der Waals surface area contributed by atoms with Crippen molar-refractivity contribution in [3.05, 3.63) is 68.6 Å². The Morgan fingerprint density at radius 1 is 1.06 bits per heavy atom. The topological polar surface area (TPSA) is 92.2 Å². The zero-order chi connectivity index (χ0) is 24.1. The van der Waals surface area contributed by atoms with Gasteiger partial charge in [-0.15, -0.1) is 11.3 Å². The predicted octanol–water partition coefficient (Wildman–Crippen LogP) is 4.74. The highest BCUT2D eigenvalue weighted by atomic mass is 32.1. The van der Waals surface area contributed by atoms with E-state index in [4.69, 9.17) is 0 Å². The lowest BCUT2D eigenvalue weighted by Gasteiger charge is -2.10. The molecule has 2 N–H and O–H groups in total. The van der Waals surface area contributed by atoms with Crippen molar-refractivity contribution in [3.8, 4) is 11.3 Å². The van der Waals surface area contributed by atoms with Gasteiger partial charge in [0.15, 0.2) is 16.5 Å². The highest BCUT2D eigenvalue weighted by Crippen LogP contribution is 2.36. The maximum Gasteiger partial charge on any atom is 0.435 e. The minimum Gasteiger partial charge on any atom is -0.298 e. The maximum atomic E-state index is 13.7. The van der Waals surface area contributed by atoms with Crippen LogP contribution in [0.2, 0.25) is 0 Å². The number of aryl methyl sites for hydroxylation is 1. The fourth-order valence-corrected chi connectivity index (χ4v) is 3.85. The predicted molar refractivity (Wildman–Crippen MR) is 106 cm³/mol. The van der Waals surface area contributed by atoms with Gasteiger partial charge in [0.25, 0.3) is 5.91 Å². The summed E-state index contributed by atoms with van der Waals surface area (Å²) >= 11 is 0.477. The van der Waals surface area contributed by atoms with Gasteiger partial charge in [-0.2, -0.15) is 26.3 Å². The number of aromatic nitrogens is 4. The number of aromatic amines is 1. The Kier molecular flexibility index (Phi) is 5.27. The van der Waals surface area contributed by atoms with Crippen LogP contribution in [0.25, 0.3) is 16.9 Å². The smallest absolute Gasteiger partial charge is 0.298 e. The second-order valence-corrected chi connectivity index (χ2v) is 7.62. The molecule has 4 rings (SSSR count). The van der Waals surface area contributed by atoms with Crippen LogP contribution in [0.4, 0.5) is 31.5 Å². The van der Waals surface area contributed by atoms with Gasteiger partial charge in [0, 0.05) is 16.6 Å². The highest BCUT2D eigenvalue weighted by Gasteiger charge is 2.39. The van der Waals surface area contributed by atoms with E-state index in [9.17, 15) is 35.9 Å². The number of alkyl halides is 6. The van der Waals surface area contributed by atoms with E-state index in [-0.39, 0.29) is 11.3 Å². The Hall–Kier alpha value is -3.68. The van der Waals surface area contributed by atoms with Crippen molar-refractivity contribution in [3.63, 3.8) is 0 Å². The number of fused-ring (bicyclic) bond motifs is 1. The number of nitrogens with one attached hydrogen (secondary N) is 2. The molecule has 0 aliphatic carbocycles. The molecule has 0 spiro atoms. The lowest BCUT2D eigenvalue weighted by Crippen LogP contribution is -2.26. The van der Waals surface area contributed by atoms with Crippen molar-refractivity contribution in [1.29, 1.82) is 0 Å². The van der Waals surface area contributed by atoms with Crippen molar-refractivity contribution in [1.82, 2.24) is 19.6 Å². The first-order valence-electron chi connectivity index (χ1n) is 9.00. The van der Waals surface area contributed by atoms with Gasteiger partial charge in [-0.3, -0.25) is 20.0 Å². The van der Waals surface area contributed by atoms with Crippen LogP contribution in [0.1, 0.15) is 27.4 Å². The summed E-state index contributed by atoms with van der Waals surface area (Å²) < 4.78 is 80.0. The normalized spacial score (nSPS) is 12.3. The summed E-state index contributed by atoms with van der Waals surface area (Å²) in [6.07, 6.45) is -9.65. The second-order valence-electron chi connectivity index (χ2n) is 6.76. The van der Waals surface area contributed by atoms with Crippen molar-refractivity contribution in [2.24, 2.45) is 0 Å². The average molecular weight is 487 g/mol. The standard InChI is InChI=1S/C19H11F6N5O2S/c1-8-11(16(32)28-17-26-10(7-33-17)18(20,21)22)13(31)15-27-14(19(23,24)25)12(30(15)29-8)9-5-3-2-4-6-9/h2-7,29H,1H3,(H,26,28,32). The average Bonchev–Trinajstić information content (AvgIpc) is 3.33. The van der Waals surface area contributed by atoms with Gasteiger partial charge >= 0.3 is 12.4 Å². The molecule has 0 bridgehead atoms. The highest BCUT2D eigenvalue weighted by molar-refractivity contribution is 7.14. The molecule has 0 saturated carbocycles. The van der Waals surface area contributed by atoms with Gasteiger partial charge in [0.2, 0.25) is 11.1 Å². The fraction of sp³-hybridized carbons (Fsp3) is 0.158. The van der Waals surface area contributed by atoms with Gasteiger partial charge in [-0.25, -0.2) is 14.5 Å². The van der Waals surface area contributed by atoms with E-state index >= 15 is 0 Å². The molecular formula is C19H11F6N5O2S. The number of carbonyl (C=O) groups excluding carboxylic acids is 1. The largest absolute Gasteiger partial charge is 0.435 e. The summed E-state index contributed by atoms with van der Waals surface area (Å²) in [5.41, 5.74) is -5.46. The summed E-state index contributed by atoms with van der Waals surface area (Å²) in [6, 6.07) is 7.40. The molecule has 0 saturated heterocycles. The zero-order valence-electron chi connectivity index (χ0n) is 16.3. The second kappa shape index (κ2) is 7.72. The lowest BCUT2D eigenvalue weighted by atomic mass is 10.1. The Morgan fingerprint density at radius 2 is 1.73 bits per heavy atom. The number of anilines is 1. The number of hydrogen-bond donors (Lipinski definition) is 2. The molecule has 0 atom stereocenters. The quantitative estimate of drug-likeness (QED) is 0.408. The van der Waals surface area contributed by atoms with E-state index in [0.29, 0.717) is 16.7 Å². The number of benzene rings is 1. The number of carbonyl (C=O) groups is 1. The van der Waals surface area contributed by atoms with Crippen LogP contribution < -0.4 is 10.7 Å². The number of hydrogen-bond acceptors (Lipinski definition) is 5. The monoisotopic (exact) mass is 487 g/mol. The van der Waals surface area contributed by atoms with Gasteiger partial charge in [-0.05, 0) is 6.92 Å². The summed E-state index contributed by atoms with van der Waals surface area (Å²) in [5.74, 6) is -1.14. The molecule has 0 radical (unpaired) electrons. The van der Waals surface area contributed by atoms with E-state index in [2.05, 4.69) is 20.4 Å². The third-order valence-electron chi connectivity index (χ3n) is 4.52. The van der Waals surface area contributed by atoms with E-state index in [0.717, 1.165) is 4.52 Å². The van der Waals surface area contributed by atoms with Crippen LogP contribution in [0.15, 0.2) is 40.5 Å². The van der Waals surface area contributed by atoms with E-state index in [1.54, 1.807) is 6.07 Å². The number of thiazole rings is 1. The van der Waals surface area contributed by atoms with Crippen LogP contribution in [0.5, 0.6) is 0 Å². The molecule has 14 heteroatoms. The van der Waals surface area contributed by atoms with Crippen LogP contribution in [-0.4, -0.2) is 25.5 Å². The first kappa shape index (κ1) is 22.5. The Balaban J connectivity index is 1.84. The molecule has 4 aromatic rings. The van der Waals surface area contributed by atoms with Gasteiger partial charge in [0.05, 0.1) is 0 Å². The summed E-state index contributed by atoms with van der Waals surface area (Å²) in [6.45, 7) is 1.26. The lowest BCUT2D eigenvalue weighted by molar-refractivity contribution is -0.141. The van der Waals surface area contributed by atoms with Crippen molar-refractivity contribution in [2.45, 2.75) is 19.3 Å². The van der Waals surface area contributed by atoms with Crippen LogP contribution in [0.3, 0.4) is 0 Å². The van der Waals surface area contributed by atoms with E-state index < -0.39 is 57.1 Å². The van der Waals surface area contributed by atoms with Crippen LogP contribution >= 0.6 is 11.3 Å². The van der Waals surface area contributed by atoms with Crippen molar-refractivity contribution < 1.29 is 31.1 Å². The molecule has 7 nitrogen and oxygen atoms in total. The molecule has 33 heavy (non-hydrogen) atoms. The third kappa shape index (κ3) is 4.08. The summed E-state index contributed by atoms with van der Waals surface area (Å²) in [7, 11) is 0. The summed E-state index contributed by atoms with van der Waals surface area (Å²) in [5, 5.41) is 4.86. The minimum atomic E-state index is -4.91. The maximum absolute atomic E-state index is 13.7. The Bertz CT molecular complexity index is 1420. The summed E-state index contributed by atoms with van der Waals surface area (Å²) in [4.78, 5) is 32.2. The molecule has 0 unspecified atom stereocenters. The van der Waals surface area contributed by atoms with Gasteiger partial charge in [-0.1, -0.05) is 30.3 Å². The number of amides is 1. The molecule has 1 amide bonds. The molecule has 0 aliphatic heterocycles. The first-order valence-corrected chi connectivity index (χ1v) is 9.88. The number of imidazole rings is 1. The Labute approximate surface area is 183 Å². The molecule has 172 valence electrons. The number of halogens is 6. The number of H-pyrrole nitrogens is 1. The fourth-order valence-electron chi connectivity index (χ4n) is 3.14. The third-order valence-corrected chi connectivity index (χ3v) is 5.28. The van der Waals surface area contributed by atoms with Gasteiger partial charge in [0.1, 0.15) is 11.3 Å². The SMILES string of the molecule is Cc1[nH]n2c(-c3ccccc3)c(C(F)(F)F)nc2c(=O)c1C(=O)Nc1nc(C(F)(F)F)cs1. The van der Waals surface area contributed by atoms with Crippen LogP contribution in [0, 0.1) is 6.92 Å². The van der Waals surface area contributed by atoms with E-state index in [1.807, 2.05) is 0 Å². The number of nitrogens with zero attached hydrogens (tertiary/aromatic N) is 3. The molecule has 0 aliphatic rings. The first-order chi connectivity index (χ1) is 15.4. The molecule has 1 aromatic carbocycles. The Morgan fingerprint density at radius 3 is 2.30 bits per heavy atom. The minimum absolute atomic E-state index is 0.118. The molecule has 0 fully saturated rings. The van der Waals surface area contributed by atoms with Crippen molar-refractivity contribution in [2.75, 3.05) is 5.32 Å². The van der Waals surface area contributed by atoms with Gasteiger partial charge < -0.3 is 0 Å². The van der Waals surface area contributed by atoms with Crippen molar-refractivity contribution >= 4 is 28.0 Å². The zero-order valence-corrected chi connectivity index (χ0v) is 17.1.